The number of hydrogen-bond donors (Lipinski definition) is 1. The van der Waals surface area contributed by atoms with E-state index in [0.717, 1.165) is 18.4 Å². The van der Waals surface area contributed by atoms with Crippen molar-refractivity contribution in [1.82, 2.24) is 9.78 Å². The van der Waals surface area contributed by atoms with E-state index in [9.17, 15) is 13.2 Å². The van der Waals surface area contributed by atoms with Crippen LogP contribution >= 0.6 is 23.2 Å². The molecule has 2 aromatic rings. The molecule has 178 valence electrons. The first-order chi connectivity index (χ1) is 15.2. The monoisotopic (exact) mass is 507 g/mol. The van der Waals surface area contributed by atoms with Crippen LogP contribution in [0.4, 0.5) is 4.79 Å². The molecule has 1 aromatic carbocycles. The molecule has 0 bridgehead atoms. The predicted molar refractivity (Wildman–Crippen MR) is 122 cm³/mol. The number of carbonyl (C=O) groups excluding carboxylic acids is 1. The van der Waals surface area contributed by atoms with E-state index < -0.39 is 21.5 Å². The van der Waals surface area contributed by atoms with E-state index in [1.807, 2.05) is 6.92 Å². The van der Waals surface area contributed by atoms with Crippen molar-refractivity contribution < 1.29 is 26.9 Å². The van der Waals surface area contributed by atoms with Crippen molar-refractivity contribution in [2.75, 3.05) is 20.3 Å². The van der Waals surface area contributed by atoms with Crippen molar-refractivity contribution in [2.24, 2.45) is 5.73 Å². The van der Waals surface area contributed by atoms with Crippen LogP contribution in [0, 0.1) is 0 Å². The van der Waals surface area contributed by atoms with Crippen LogP contribution in [0.2, 0.25) is 10.0 Å². The molecule has 9 nitrogen and oxygen atoms in total. The Kier molecular flexibility index (Phi) is 10.1. The Morgan fingerprint density at radius 1 is 1.25 bits per heavy atom. The summed E-state index contributed by atoms with van der Waals surface area (Å²) in [5.41, 5.74) is 6.23. The maximum atomic E-state index is 12.6. The molecule has 0 aliphatic carbocycles. The molecule has 32 heavy (non-hydrogen) atoms. The first-order valence-electron chi connectivity index (χ1n) is 10.0. The Morgan fingerprint density at radius 3 is 2.62 bits per heavy atom. The Labute approximate surface area is 197 Å². The van der Waals surface area contributed by atoms with Gasteiger partial charge in [0.2, 0.25) is 5.88 Å². The zero-order chi connectivity index (χ0) is 23.7. The van der Waals surface area contributed by atoms with Crippen LogP contribution in [0.25, 0.3) is 0 Å². The lowest BCUT2D eigenvalue weighted by atomic mass is 10.1. The molecule has 12 heteroatoms. The minimum absolute atomic E-state index is 0.00564. The van der Waals surface area contributed by atoms with E-state index in [-0.39, 0.29) is 26.0 Å². The lowest BCUT2D eigenvalue weighted by Crippen LogP contribution is -2.32. The second-order valence-electron chi connectivity index (χ2n) is 7.07. The van der Waals surface area contributed by atoms with Crippen LogP contribution < -0.4 is 10.5 Å². The summed E-state index contributed by atoms with van der Waals surface area (Å²) in [6.07, 6.45) is 0.495. The molecule has 2 rings (SSSR count). The van der Waals surface area contributed by atoms with Crippen molar-refractivity contribution >= 4 is 39.4 Å². The quantitative estimate of drug-likeness (QED) is 0.323. The Balaban J connectivity index is 2.37. The van der Waals surface area contributed by atoms with Gasteiger partial charge in [-0.05, 0) is 30.5 Å². The van der Waals surface area contributed by atoms with Crippen LogP contribution in [-0.4, -0.2) is 49.9 Å². The van der Waals surface area contributed by atoms with Crippen LogP contribution in [0.1, 0.15) is 37.4 Å². The predicted octanol–water partition coefficient (Wildman–Crippen LogP) is 3.79. The standard InChI is InChI=1S/C20H27Cl2N3O6S/c1-3-4-8-30-19-12-16(11-17(7-9-29-2)32(27,28)31-20(23)26)25(24-19)13-14-5-6-15(21)10-18(14)22/h5-6,10,12,17H,3-4,7-9,11,13H2,1-2H3,(H2,23,26). The Hall–Kier alpha value is -2.01. The second-order valence-corrected chi connectivity index (χ2v) is 9.73. The van der Waals surface area contributed by atoms with Crippen LogP contribution in [0.3, 0.4) is 0 Å². The SMILES string of the molecule is CCCCOc1cc(CC(CCOC)S(=O)(=O)OC(N)=O)n(Cc2ccc(Cl)cc2Cl)n1. The average molecular weight is 508 g/mol. The van der Waals surface area contributed by atoms with Crippen LogP contribution in [0.15, 0.2) is 24.3 Å². The maximum absolute atomic E-state index is 12.6. The highest BCUT2D eigenvalue weighted by Gasteiger charge is 2.30. The van der Waals surface area contributed by atoms with Gasteiger partial charge in [0.1, 0.15) is 5.25 Å². The molecule has 1 amide bonds. The van der Waals surface area contributed by atoms with Crippen molar-refractivity contribution in [2.45, 2.75) is 44.4 Å². The average Bonchev–Trinajstić information content (AvgIpc) is 3.07. The molecule has 0 aliphatic heterocycles. The molecule has 2 N–H and O–H groups in total. The molecule has 0 saturated heterocycles. The summed E-state index contributed by atoms with van der Waals surface area (Å²) in [4.78, 5) is 11.1. The van der Waals surface area contributed by atoms with Gasteiger partial charge < -0.3 is 19.4 Å². The normalized spacial score (nSPS) is 12.5. The van der Waals surface area contributed by atoms with Gasteiger partial charge in [-0.1, -0.05) is 42.6 Å². The fourth-order valence-corrected chi connectivity index (χ4v) is 4.54. The lowest BCUT2D eigenvalue weighted by Gasteiger charge is -2.17. The molecule has 1 unspecified atom stereocenters. The number of ether oxygens (including phenoxy) is 2. The minimum Gasteiger partial charge on any atom is -0.477 e. The first kappa shape index (κ1) is 26.2. The largest absolute Gasteiger partial charge is 0.477 e. The van der Waals surface area contributed by atoms with Gasteiger partial charge in [0, 0.05) is 41.9 Å². The molecular formula is C20H27Cl2N3O6S. The van der Waals surface area contributed by atoms with Crippen molar-refractivity contribution in [3.63, 3.8) is 0 Å². The third-order valence-corrected chi connectivity index (χ3v) is 6.81. The summed E-state index contributed by atoms with van der Waals surface area (Å²) in [5.74, 6) is 0.359. The van der Waals surface area contributed by atoms with Gasteiger partial charge in [-0.25, -0.2) is 4.79 Å². The number of benzene rings is 1. The number of carbonyl (C=O) groups is 1. The number of unbranched alkanes of at least 4 members (excludes halogenated alkanes) is 1. The van der Waals surface area contributed by atoms with E-state index in [1.165, 1.54) is 7.11 Å². The maximum Gasteiger partial charge on any atom is 0.420 e. The summed E-state index contributed by atoms with van der Waals surface area (Å²) in [7, 11) is -2.84. The van der Waals surface area contributed by atoms with Gasteiger partial charge in [-0.2, -0.15) is 8.42 Å². The molecular weight excluding hydrogens is 481 g/mol. The van der Waals surface area contributed by atoms with Crippen molar-refractivity contribution in [1.29, 1.82) is 0 Å². The number of nitrogens with zero attached hydrogens (tertiary/aromatic N) is 2. The van der Waals surface area contributed by atoms with Gasteiger partial charge in [0.25, 0.3) is 0 Å². The van der Waals surface area contributed by atoms with E-state index in [0.29, 0.717) is 28.2 Å². The number of hydrogen-bond acceptors (Lipinski definition) is 7. The molecule has 0 radical (unpaired) electrons. The molecule has 0 aliphatic rings. The zero-order valence-corrected chi connectivity index (χ0v) is 20.3. The van der Waals surface area contributed by atoms with E-state index in [4.69, 9.17) is 38.4 Å². The van der Waals surface area contributed by atoms with E-state index >= 15 is 0 Å². The number of methoxy groups -OCH3 is 1. The number of primary amides is 1. The van der Waals surface area contributed by atoms with Crippen LogP contribution in [0.5, 0.6) is 5.88 Å². The van der Waals surface area contributed by atoms with Gasteiger partial charge in [0.15, 0.2) is 0 Å². The fourth-order valence-electron chi connectivity index (χ4n) is 2.95. The number of amides is 1. The Bertz CT molecular complexity index is 1010. The van der Waals surface area contributed by atoms with Gasteiger partial charge >= 0.3 is 16.2 Å². The number of nitrogens with two attached hydrogens (primary N) is 1. The molecule has 1 aromatic heterocycles. The number of halogens is 2. The lowest BCUT2D eigenvalue weighted by molar-refractivity contribution is 0.190. The summed E-state index contributed by atoms with van der Waals surface area (Å²) in [6, 6.07) is 6.76. The van der Waals surface area contributed by atoms with E-state index in [1.54, 1.807) is 28.9 Å². The smallest absolute Gasteiger partial charge is 0.420 e. The summed E-state index contributed by atoms with van der Waals surface area (Å²) >= 11 is 12.3. The number of rotatable bonds is 13. The van der Waals surface area contributed by atoms with Gasteiger partial charge in [-0.15, -0.1) is 5.10 Å². The topological polar surface area (TPSA) is 123 Å². The summed E-state index contributed by atoms with van der Waals surface area (Å²) in [6.45, 7) is 2.92. The number of aromatic nitrogens is 2. The van der Waals surface area contributed by atoms with Crippen LogP contribution in [-0.2, 0) is 32.0 Å². The summed E-state index contributed by atoms with van der Waals surface area (Å²) in [5, 5.41) is 4.32. The third kappa shape index (κ3) is 7.84. The van der Waals surface area contributed by atoms with E-state index in [2.05, 4.69) is 9.28 Å². The molecule has 0 saturated carbocycles. The molecule has 1 heterocycles. The summed E-state index contributed by atoms with van der Waals surface area (Å²) < 4.78 is 41.8. The fraction of sp³-hybridized carbons (Fsp3) is 0.500. The second kappa shape index (κ2) is 12.3. The van der Waals surface area contributed by atoms with Crippen molar-refractivity contribution in [3.8, 4) is 5.88 Å². The highest BCUT2D eigenvalue weighted by atomic mass is 35.5. The van der Waals surface area contributed by atoms with Gasteiger partial charge in [0.05, 0.1) is 13.2 Å². The first-order valence-corrected chi connectivity index (χ1v) is 12.2. The Morgan fingerprint density at radius 2 is 2.00 bits per heavy atom. The highest BCUT2D eigenvalue weighted by Crippen LogP contribution is 2.25. The third-order valence-electron chi connectivity index (χ3n) is 4.61. The minimum atomic E-state index is -4.29. The molecule has 0 fully saturated rings. The molecule has 1 atom stereocenters. The van der Waals surface area contributed by atoms with Gasteiger partial charge in [-0.3, -0.25) is 4.68 Å². The molecule has 0 spiro atoms. The zero-order valence-electron chi connectivity index (χ0n) is 17.9. The highest BCUT2D eigenvalue weighted by molar-refractivity contribution is 7.87. The van der Waals surface area contributed by atoms with Crippen molar-refractivity contribution in [3.05, 3.63) is 45.6 Å².